The molecule has 0 unspecified atom stereocenters. The Hall–Kier alpha value is -1.49. The summed E-state index contributed by atoms with van der Waals surface area (Å²) >= 11 is 1.57. The van der Waals surface area contributed by atoms with Gasteiger partial charge in [-0.2, -0.15) is 0 Å². The number of carbonyl (C=O) groups is 2. The van der Waals surface area contributed by atoms with Crippen molar-refractivity contribution in [2.45, 2.75) is 18.6 Å². The summed E-state index contributed by atoms with van der Waals surface area (Å²) in [6.45, 7) is 1.41. The maximum absolute atomic E-state index is 12.3. The van der Waals surface area contributed by atoms with Crippen LogP contribution >= 0.6 is 11.3 Å². The van der Waals surface area contributed by atoms with Crippen molar-refractivity contribution in [1.29, 1.82) is 0 Å². The van der Waals surface area contributed by atoms with Gasteiger partial charge in [0, 0.05) is 31.1 Å². The van der Waals surface area contributed by atoms with Crippen LogP contribution in [0.1, 0.15) is 4.88 Å². The van der Waals surface area contributed by atoms with Crippen LogP contribution in [0.4, 0.5) is 0 Å². The Balaban J connectivity index is 1.63. The molecule has 2 aliphatic heterocycles. The lowest BCUT2D eigenvalue weighted by Gasteiger charge is -2.43. The molecule has 2 amide bonds. The zero-order chi connectivity index (χ0) is 18.7. The number of nitrogens with one attached hydrogen (secondary N) is 1. The minimum absolute atomic E-state index is 0.0212. The summed E-state index contributed by atoms with van der Waals surface area (Å²) < 4.78 is 29.2. The Labute approximate surface area is 157 Å². The number of nitrogens with zero attached hydrogens (tertiary/aromatic N) is 2. The number of piperazine rings is 1. The van der Waals surface area contributed by atoms with E-state index in [9.17, 15) is 18.0 Å². The second-order valence-corrected chi connectivity index (χ2v) is 9.74. The molecule has 26 heavy (non-hydrogen) atoms. The Morgan fingerprint density at radius 1 is 1.31 bits per heavy atom. The summed E-state index contributed by atoms with van der Waals surface area (Å²) in [4.78, 5) is 29.0. The fourth-order valence-corrected chi connectivity index (χ4v) is 6.23. The van der Waals surface area contributed by atoms with Crippen LogP contribution < -0.4 is 5.32 Å². The number of hydrogen-bond acceptors (Lipinski definition) is 7. The third-order valence-electron chi connectivity index (χ3n) is 4.77. The van der Waals surface area contributed by atoms with E-state index >= 15 is 0 Å². The summed E-state index contributed by atoms with van der Waals surface area (Å²) in [5.41, 5.74) is 0. The summed E-state index contributed by atoms with van der Waals surface area (Å²) in [6.07, 6.45) is 0. The van der Waals surface area contributed by atoms with Gasteiger partial charge in [0.05, 0.1) is 30.6 Å². The van der Waals surface area contributed by atoms with E-state index in [1.54, 1.807) is 16.2 Å². The van der Waals surface area contributed by atoms with Crippen LogP contribution in [0.2, 0.25) is 0 Å². The average Bonchev–Trinajstić information content (AvgIpc) is 3.19. The molecule has 2 atom stereocenters. The SMILES string of the molecule is COCC(=O)N1CCN(CC(=O)NCc2cccs2)[C@H]2CS(=O)(=O)C[C@H]21. The molecular weight excluding hydrogens is 378 g/mol. The lowest BCUT2D eigenvalue weighted by atomic mass is 10.0. The second-order valence-electron chi connectivity index (χ2n) is 6.56. The number of fused-ring (bicyclic) bond motifs is 1. The monoisotopic (exact) mass is 401 g/mol. The normalized spacial score (nSPS) is 25.0. The van der Waals surface area contributed by atoms with E-state index in [1.165, 1.54) is 7.11 Å². The number of carbonyl (C=O) groups excluding carboxylic acids is 2. The van der Waals surface area contributed by atoms with E-state index in [-0.39, 0.29) is 42.5 Å². The lowest BCUT2D eigenvalue weighted by Crippen LogP contribution is -2.62. The van der Waals surface area contributed by atoms with Gasteiger partial charge in [0.2, 0.25) is 11.8 Å². The number of thiophene rings is 1. The molecule has 0 aliphatic carbocycles. The Morgan fingerprint density at radius 3 is 2.77 bits per heavy atom. The molecule has 144 valence electrons. The number of hydrogen-bond donors (Lipinski definition) is 1. The van der Waals surface area contributed by atoms with E-state index < -0.39 is 15.9 Å². The highest BCUT2D eigenvalue weighted by Gasteiger charge is 2.48. The molecule has 3 rings (SSSR count). The minimum Gasteiger partial charge on any atom is -0.375 e. The van der Waals surface area contributed by atoms with Crippen molar-refractivity contribution in [2.75, 3.05) is 44.9 Å². The zero-order valence-electron chi connectivity index (χ0n) is 14.6. The van der Waals surface area contributed by atoms with E-state index in [0.717, 1.165) is 4.88 Å². The first-order valence-electron chi connectivity index (χ1n) is 8.41. The van der Waals surface area contributed by atoms with Crippen LogP contribution in [0.5, 0.6) is 0 Å². The van der Waals surface area contributed by atoms with Gasteiger partial charge >= 0.3 is 0 Å². The van der Waals surface area contributed by atoms with Crippen LogP contribution in [0.25, 0.3) is 0 Å². The lowest BCUT2D eigenvalue weighted by molar-refractivity contribution is -0.141. The van der Waals surface area contributed by atoms with Gasteiger partial charge in [0.15, 0.2) is 9.84 Å². The maximum Gasteiger partial charge on any atom is 0.248 e. The third kappa shape index (κ3) is 4.43. The first-order valence-corrected chi connectivity index (χ1v) is 11.1. The van der Waals surface area contributed by atoms with Crippen LogP contribution in [-0.2, 0) is 30.7 Å². The molecule has 2 aliphatic rings. The molecule has 10 heteroatoms. The maximum atomic E-state index is 12.3. The molecule has 1 aromatic heterocycles. The van der Waals surface area contributed by atoms with E-state index in [1.807, 2.05) is 22.4 Å². The highest BCUT2D eigenvalue weighted by atomic mass is 32.2. The number of rotatable bonds is 6. The van der Waals surface area contributed by atoms with Gasteiger partial charge in [-0.1, -0.05) is 6.07 Å². The van der Waals surface area contributed by atoms with E-state index in [2.05, 4.69) is 5.32 Å². The van der Waals surface area contributed by atoms with Gasteiger partial charge in [-0.15, -0.1) is 11.3 Å². The molecule has 1 N–H and O–H groups in total. The molecule has 3 heterocycles. The molecule has 2 saturated heterocycles. The summed E-state index contributed by atoms with van der Waals surface area (Å²) in [6, 6.07) is 3.12. The fourth-order valence-electron chi connectivity index (χ4n) is 3.58. The second kappa shape index (κ2) is 8.03. The molecule has 8 nitrogen and oxygen atoms in total. The summed E-state index contributed by atoms with van der Waals surface area (Å²) in [7, 11) is -1.79. The van der Waals surface area contributed by atoms with E-state index in [0.29, 0.717) is 19.6 Å². The average molecular weight is 402 g/mol. The van der Waals surface area contributed by atoms with Crippen LogP contribution in [0.15, 0.2) is 17.5 Å². The Bertz CT molecular complexity index is 750. The smallest absolute Gasteiger partial charge is 0.248 e. The number of amides is 2. The summed E-state index contributed by atoms with van der Waals surface area (Å²) in [5.74, 6) is -0.424. The predicted molar refractivity (Wildman–Crippen MR) is 97.6 cm³/mol. The van der Waals surface area contributed by atoms with Crippen LogP contribution in [0, 0.1) is 0 Å². The largest absolute Gasteiger partial charge is 0.375 e. The van der Waals surface area contributed by atoms with Gasteiger partial charge in [-0.25, -0.2) is 8.42 Å². The number of ether oxygens (including phenoxy) is 1. The number of sulfone groups is 1. The summed E-state index contributed by atoms with van der Waals surface area (Å²) in [5, 5.41) is 4.82. The molecule has 1 aromatic rings. The molecular formula is C16H23N3O5S2. The number of methoxy groups -OCH3 is 1. The molecule has 0 bridgehead atoms. The third-order valence-corrected chi connectivity index (χ3v) is 7.34. The van der Waals surface area contributed by atoms with Gasteiger partial charge in [0.25, 0.3) is 0 Å². The Kier molecular flexibility index (Phi) is 5.96. The van der Waals surface area contributed by atoms with Gasteiger partial charge in [-0.3, -0.25) is 14.5 Å². The predicted octanol–water partition coefficient (Wildman–Crippen LogP) is -0.679. The van der Waals surface area contributed by atoms with Crippen molar-refractivity contribution in [3.05, 3.63) is 22.4 Å². The standard InChI is InChI=1S/C16H23N3O5S2/c1-24-9-16(21)19-5-4-18(13-10-26(22,23)11-14(13)19)8-15(20)17-7-12-3-2-6-25-12/h2-3,6,13-14H,4-5,7-11H2,1H3,(H,17,20)/t13-,14+/m0/s1. The van der Waals surface area contributed by atoms with Crippen molar-refractivity contribution < 1.29 is 22.7 Å². The van der Waals surface area contributed by atoms with Gasteiger partial charge in [-0.05, 0) is 11.4 Å². The Morgan fingerprint density at radius 2 is 2.08 bits per heavy atom. The highest BCUT2D eigenvalue weighted by molar-refractivity contribution is 7.91. The zero-order valence-corrected chi connectivity index (χ0v) is 16.2. The van der Waals surface area contributed by atoms with Crippen LogP contribution in [0.3, 0.4) is 0 Å². The minimum atomic E-state index is -3.23. The van der Waals surface area contributed by atoms with Crippen molar-refractivity contribution >= 4 is 33.0 Å². The van der Waals surface area contributed by atoms with Crippen molar-refractivity contribution in [3.63, 3.8) is 0 Å². The quantitative estimate of drug-likeness (QED) is 0.679. The van der Waals surface area contributed by atoms with Crippen molar-refractivity contribution in [2.24, 2.45) is 0 Å². The molecule has 0 saturated carbocycles. The first kappa shape index (κ1) is 19.3. The highest BCUT2D eigenvalue weighted by Crippen LogP contribution is 2.27. The molecule has 0 radical (unpaired) electrons. The molecule has 2 fully saturated rings. The molecule has 0 spiro atoms. The van der Waals surface area contributed by atoms with Gasteiger partial charge in [0.1, 0.15) is 6.61 Å². The van der Waals surface area contributed by atoms with Crippen molar-refractivity contribution in [3.8, 4) is 0 Å². The van der Waals surface area contributed by atoms with Gasteiger partial charge < -0.3 is 15.0 Å². The fraction of sp³-hybridized carbons (Fsp3) is 0.625. The molecule has 0 aromatic carbocycles. The van der Waals surface area contributed by atoms with Crippen LogP contribution in [-0.4, -0.2) is 87.0 Å². The van der Waals surface area contributed by atoms with Crippen molar-refractivity contribution in [1.82, 2.24) is 15.1 Å². The first-order chi connectivity index (χ1) is 12.4. The topological polar surface area (TPSA) is 96.0 Å². The van der Waals surface area contributed by atoms with E-state index in [4.69, 9.17) is 4.74 Å².